The molecule has 6 rings (SSSR count). The summed E-state index contributed by atoms with van der Waals surface area (Å²) in [5, 5.41) is 1.52. The molecule has 3 nitrogen and oxygen atoms in total. The molecule has 4 atom stereocenters. The highest BCUT2D eigenvalue weighted by Crippen LogP contribution is 2.43. The average molecular weight is 772 g/mol. The second-order valence-electron chi connectivity index (χ2n) is 15.1. The quantitative estimate of drug-likeness (QED) is 0.0981. The zero-order chi connectivity index (χ0) is 39.0. The van der Waals surface area contributed by atoms with Gasteiger partial charge >= 0.3 is 0 Å². The molecule has 284 valence electrons. The van der Waals surface area contributed by atoms with Crippen LogP contribution in [0.15, 0.2) is 146 Å². The van der Waals surface area contributed by atoms with Crippen molar-refractivity contribution in [1.29, 1.82) is 0 Å². The highest BCUT2D eigenvalue weighted by molar-refractivity contribution is 6.31. The maximum atomic E-state index is 7.79. The zero-order valence-corrected chi connectivity index (χ0v) is 34.3. The number of benzene rings is 6. The normalized spacial score (nSPS) is 14.7. The van der Waals surface area contributed by atoms with Crippen molar-refractivity contribution in [3.8, 4) is 23.0 Å². The van der Waals surface area contributed by atoms with Gasteiger partial charge in [-0.15, -0.1) is 0 Å². The molecule has 6 aromatic rings. The molecule has 0 fully saturated rings. The average Bonchev–Trinajstić information content (AvgIpc) is 3.20. The highest BCUT2D eigenvalue weighted by atomic mass is 35.5. The van der Waals surface area contributed by atoms with Crippen LogP contribution in [0.2, 0.25) is 10.0 Å². The van der Waals surface area contributed by atoms with Crippen molar-refractivity contribution >= 4 is 23.2 Å². The standard InChI is InChI=1S/C50H52Cl2O3/c1-7-49(5,39-25-27-45(51)35(3)29-39)47(33-37-17-15-23-43(31-37)53-41-19-11-9-12-20-41)55-48(50(6,8-2)40-26-28-46(52)36(4)30-40)34-38-18-16-24-44(32-38)54-42-21-13-10-14-22-42/h9-32,47-48H,7-8,33-34H2,1-6H3. The van der Waals surface area contributed by atoms with E-state index in [1.165, 1.54) is 11.1 Å². The van der Waals surface area contributed by atoms with E-state index < -0.39 is 0 Å². The summed E-state index contributed by atoms with van der Waals surface area (Å²) in [5.41, 5.74) is 6.06. The minimum Gasteiger partial charge on any atom is -0.457 e. The van der Waals surface area contributed by atoms with E-state index in [1.54, 1.807) is 0 Å². The molecule has 5 heteroatoms. The van der Waals surface area contributed by atoms with E-state index >= 15 is 0 Å². The molecule has 0 aliphatic carbocycles. The van der Waals surface area contributed by atoms with Gasteiger partial charge in [0.25, 0.3) is 0 Å². The lowest BCUT2D eigenvalue weighted by Gasteiger charge is -2.45. The van der Waals surface area contributed by atoms with Crippen LogP contribution in [0.1, 0.15) is 73.9 Å². The van der Waals surface area contributed by atoms with Crippen LogP contribution in [0.4, 0.5) is 0 Å². The van der Waals surface area contributed by atoms with E-state index in [2.05, 4.69) is 102 Å². The first-order valence-corrected chi connectivity index (χ1v) is 20.1. The Morgan fingerprint density at radius 1 is 0.473 bits per heavy atom. The summed E-state index contributed by atoms with van der Waals surface area (Å²) in [4.78, 5) is 0. The molecule has 0 heterocycles. The second kappa shape index (κ2) is 17.9. The SMILES string of the molecule is CCC(C)(c1ccc(Cl)c(C)c1)C(Cc1cccc(Oc2ccccc2)c1)OC(Cc1cccc(Oc2ccccc2)c1)C(C)(CC)c1ccc(Cl)c(C)c1. The molecular formula is C50H52Cl2O3. The van der Waals surface area contributed by atoms with Crippen LogP contribution < -0.4 is 9.47 Å². The van der Waals surface area contributed by atoms with Gasteiger partial charge in [0.2, 0.25) is 0 Å². The van der Waals surface area contributed by atoms with Crippen molar-refractivity contribution in [2.75, 3.05) is 0 Å². The molecule has 0 aromatic heterocycles. The van der Waals surface area contributed by atoms with Crippen LogP contribution in [0, 0.1) is 13.8 Å². The van der Waals surface area contributed by atoms with Crippen LogP contribution in [0.25, 0.3) is 0 Å². The Bertz CT molecular complexity index is 2010. The minimum atomic E-state index is -0.368. The van der Waals surface area contributed by atoms with E-state index in [9.17, 15) is 0 Å². The fourth-order valence-corrected chi connectivity index (χ4v) is 7.67. The Kier molecular flexibility index (Phi) is 13.1. The minimum absolute atomic E-state index is 0.224. The van der Waals surface area contributed by atoms with Crippen molar-refractivity contribution in [3.63, 3.8) is 0 Å². The summed E-state index contributed by atoms with van der Waals surface area (Å²) in [7, 11) is 0. The summed E-state index contributed by atoms with van der Waals surface area (Å²) in [5.74, 6) is 3.20. The van der Waals surface area contributed by atoms with Crippen LogP contribution in [-0.4, -0.2) is 12.2 Å². The first kappa shape index (κ1) is 40.1. The maximum Gasteiger partial charge on any atom is 0.127 e. The Hall–Kier alpha value is -4.54. The van der Waals surface area contributed by atoms with Gasteiger partial charge in [0.1, 0.15) is 23.0 Å². The van der Waals surface area contributed by atoms with Crippen molar-refractivity contribution in [2.45, 2.75) is 90.3 Å². The molecule has 0 spiro atoms. The maximum absolute atomic E-state index is 7.79. The molecule has 0 radical (unpaired) electrons. The van der Waals surface area contributed by atoms with Crippen LogP contribution in [0.5, 0.6) is 23.0 Å². The van der Waals surface area contributed by atoms with Crippen LogP contribution in [-0.2, 0) is 28.4 Å². The predicted molar refractivity (Wildman–Crippen MR) is 230 cm³/mol. The summed E-state index contributed by atoms with van der Waals surface area (Å²) >= 11 is 13.2. The fraction of sp³-hybridized carbons (Fsp3) is 0.280. The number of ether oxygens (including phenoxy) is 3. The Morgan fingerprint density at radius 2 is 0.855 bits per heavy atom. The lowest BCUT2D eigenvalue weighted by Crippen LogP contribution is -2.48. The lowest BCUT2D eigenvalue weighted by molar-refractivity contribution is -0.0840. The summed E-state index contributed by atoms with van der Waals surface area (Å²) in [6.45, 7) is 13.4. The molecule has 0 N–H and O–H groups in total. The smallest absolute Gasteiger partial charge is 0.127 e. The Balaban J connectivity index is 1.44. The Morgan fingerprint density at radius 3 is 1.22 bits per heavy atom. The molecule has 0 bridgehead atoms. The first-order chi connectivity index (χ1) is 26.5. The van der Waals surface area contributed by atoms with E-state index in [0.29, 0.717) is 12.8 Å². The molecule has 6 aromatic carbocycles. The molecule has 0 saturated heterocycles. The molecular weight excluding hydrogens is 719 g/mol. The van der Waals surface area contributed by atoms with Gasteiger partial charge in [0, 0.05) is 20.9 Å². The third-order valence-electron chi connectivity index (χ3n) is 11.5. The molecule has 0 saturated carbocycles. The summed E-state index contributed by atoms with van der Waals surface area (Å²) < 4.78 is 20.4. The van der Waals surface area contributed by atoms with Crippen LogP contribution in [0.3, 0.4) is 0 Å². The number of halogens is 2. The van der Waals surface area contributed by atoms with Gasteiger partial charge < -0.3 is 14.2 Å². The largest absolute Gasteiger partial charge is 0.457 e. The third-order valence-corrected chi connectivity index (χ3v) is 12.3. The summed E-state index contributed by atoms with van der Waals surface area (Å²) in [6, 6.07) is 49.5. The molecule has 0 aliphatic heterocycles. The highest BCUT2D eigenvalue weighted by Gasteiger charge is 2.43. The van der Waals surface area contributed by atoms with Gasteiger partial charge in [0.15, 0.2) is 0 Å². The van der Waals surface area contributed by atoms with Crippen molar-refractivity contribution in [2.24, 2.45) is 0 Å². The number of aryl methyl sites for hydroxylation is 2. The number of rotatable bonds is 16. The third kappa shape index (κ3) is 9.65. The lowest BCUT2D eigenvalue weighted by atomic mass is 9.70. The van der Waals surface area contributed by atoms with E-state index in [0.717, 1.165) is 68.1 Å². The van der Waals surface area contributed by atoms with Crippen LogP contribution >= 0.6 is 23.2 Å². The van der Waals surface area contributed by atoms with Gasteiger partial charge in [-0.2, -0.15) is 0 Å². The van der Waals surface area contributed by atoms with Gasteiger partial charge in [-0.1, -0.05) is 136 Å². The summed E-state index contributed by atoms with van der Waals surface area (Å²) in [6.07, 6.45) is 2.61. The fourth-order valence-electron chi connectivity index (χ4n) is 7.43. The van der Waals surface area contributed by atoms with E-state index in [-0.39, 0.29) is 23.0 Å². The Labute approximate surface area is 338 Å². The monoisotopic (exact) mass is 770 g/mol. The number of hydrogen-bond acceptors (Lipinski definition) is 3. The zero-order valence-electron chi connectivity index (χ0n) is 32.8. The van der Waals surface area contributed by atoms with Gasteiger partial charge in [-0.05, 0) is 134 Å². The van der Waals surface area contributed by atoms with E-state index in [1.807, 2.05) is 84.9 Å². The van der Waals surface area contributed by atoms with Crippen molar-refractivity contribution < 1.29 is 14.2 Å². The molecule has 0 aliphatic rings. The topological polar surface area (TPSA) is 27.7 Å². The second-order valence-corrected chi connectivity index (χ2v) is 15.9. The van der Waals surface area contributed by atoms with Crippen molar-refractivity contribution in [1.82, 2.24) is 0 Å². The molecule has 4 unspecified atom stereocenters. The first-order valence-electron chi connectivity index (χ1n) is 19.3. The molecule has 0 amide bonds. The molecule has 55 heavy (non-hydrogen) atoms. The number of hydrogen-bond donors (Lipinski definition) is 0. The van der Waals surface area contributed by atoms with Gasteiger partial charge in [-0.3, -0.25) is 0 Å². The number of para-hydroxylation sites is 2. The van der Waals surface area contributed by atoms with Crippen molar-refractivity contribution in [3.05, 3.63) is 189 Å². The van der Waals surface area contributed by atoms with E-state index in [4.69, 9.17) is 37.4 Å². The van der Waals surface area contributed by atoms with Gasteiger partial charge in [-0.25, -0.2) is 0 Å². The van der Waals surface area contributed by atoms with Gasteiger partial charge in [0.05, 0.1) is 12.2 Å². The predicted octanol–water partition coefficient (Wildman–Crippen LogP) is 14.5.